The first kappa shape index (κ1) is 18.0. The van der Waals surface area contributed by atoms with Crippen LogP contribution in [0.15, 0.2) is 24.3 Å². The molecule has 0 saturated heterocycles. The van der Waals surface area contributed by atoms with Gasteiger partial charge in [-0.1, -0.05) is 32.9 Å². The zero-order valence-corrected chi connectivity index (χ0v) is 14.4. The molecule has 0 radical (unpaired) electrons. The van der Waals surface area contributed by atoms with Crippen LogP contribution >= 0.6 is 0 Å². The largest absolute Gasteiger partial charge is 0.494 e. The molecule has 0 aliphatic heterocycles. The Morgan fingerprint density at radius 1 is 1.19 bits per heavy atom. The number of likely N-dealkylation sites (N-methyl/N-ethyl adjacent to an activating group) is 2. The Hall–Kier alpha value is -1.06. The van der Waals surface area contributed by atoms with Crippen LogP contribution in [0.25, 0.3) is 0 Å². The summed E-state index contributed by atoms with van der Waals surface area (Å²) in [6.07, 6.45) is 2.29. The predicted molar refractivity (Wildman–Crippen MR) is 91.0 cm³/mol. The van der Waals surface area contributed by atoms with Crippen molar-refractivity contribution in [3.8, 4) is 5.75 Å². The van der Waals surface area contributed by atoms with E-state index in [1.54, 1.807) is 0 Å². The monoisotopic (exact) mass is 292 g/mol. The van der Waals surface area contributed by atoms with Crippen molar-refractivity contribution < 1.29 is 4.74 Å². The van der Waals surface area contributed by atoms with Gasteiger partial charge in [-0.05, 0) is 57.1 Å². The maximum Gasteiger partial charge on any atom is 0.119 e. The Labute approximate surface area is 130 Å². The molecule has 3 nitrogen and oxygen atoms in total. The molecule has 1 N–H and O–H groups in total. The third-order valence-electron chi connectivity index (χ3n) is 3.69. The van der Waals surface area contributed by atoms with Crippen molar-refractivity contribution in [1.29, 1.82) is 0 Å². The topological polar surface area (TPSA) is 24.5 Å². The van der Waals surface area contributed by atoms with Crippen LogP contribution < -0.4 is 10.1 Å². The van der Waals surface area contributed by atoms with Crippen LogP contribution in [-0.4, -0.2) is 38.7 Å². The number of nitrogens with one attached hydrogen (secondary N) is 1. The third kappa shape index (κ3) is 6.96. The van der Waals surface area contributed by atoms with E-state index in [2.05, 4.69) is 62.3 Å². The molecule has 1 aromatic rings. The molecule has 0 heterocycles. The van der Waals surface area contributed by atoms with E-state index in [1.165, 1.54) is 12.0 Å². The fraction of sp³-hybridized carbons (Fsp3) is 0.667. The van der Waals surface area contributed by atoms with Gasteiger partial charge in [-0.15, -0.1) is 0 Å². The molecular weight excluding hydrogens is 260 g/mol. The van der Waals surface area contributed by atoms with Gasteiger partial charge in [0.25, 0.3) is 0 Å². The summed E-state index contributed by atoms with van der Waals surface area (Å²) in [5, 5.41) is 3.42. The van der Waals surface area contributed by atoms with E-state index in [0.29, 0.717) is 6.04 Å². The molecule has 0 amide bonds. The third-order valence-corrected chi connectivity index (χ3v) is 3.69. The minimum atomic E-state index is 0.363. The molecule has 0 aliphatic carbocycles. The lowest BCUT2D eigenvalue weighted by atomic mass is 10.1. The first-order valence-electron chi connectivity index (χ1n) is 8.15. The van der Waals surface area contributed by atoms with Gasteiger partial charge >= 0.3 is 0 Å². The smallest absolute Gasteiger partial charge is 0.119 e. The van der Waals surface area contributed by atoms with Crippen molar-refractivity contribution in [3.63, 3.8) is 0 Å². The molecule has 0 spiro atoms. The Morgan fingerprint density at radius 3 is 2.38 bits per heavy atom. The van der Waals surface area contributed by atoms with E-state index in [-0.39, 0.29) is 0 Å². The molecule has 1 rings (SSSR count). The van der Waals surface area contributed by atoms with Gasteiger partial charge < -0.3 is 15.0 Å². The molecule has 3 heteroatoms. The first-order chi connectivity index (χ1) is 10.1. The fourth-order valence-corrected chi connectivity index (χ4v) is 2.26. The van der Waals surface area contributed by atoms with Crippen molar-refractivity contribution in [1.82, 2.24) is 10.2 Å². The minimum Gasteiger partial charge on any atom is -0.494 e. The van der Waals surface area contributed by atoms with Crippen LogP contribution in [0.4, 0.5) is 0 Å². The summed E-state index contributed by atoms with van der Waals surface area (Å²) in [5.74, 6) is 1.72. The Bertz CT molecular complexity index is 375. The van der Waals surface area contributed by atoms with Crippen molar-refractivity contribution in [2.45, 2.75) is 39.7 Å². The molecule has 0 aliphatic rings. The minimum absolute atomic E-state index is 0.363. The second-order valence-corrected chi connectivity index (χ2v) is 6.20. The van der Waals surface area contributed by atoms with Gasteiger partial charge in [0.1, 0.15) is 5.75 Å². The summed E-state index contributed by atoms with van der Waals surface area (Å²) in [6.45, 7) is 9.63. The zero-order chi connectivity index (χ0) is 15.7. The van der Waals surface area contributed by atoms with Gasteiger partial charge in [-0.25, -0.2) is 0 Å². The highest BCUT2D eigenvalue weighted by molar-refractivity contribution is 5.29. The molecule has 120 valence electrons. The quantitative estimate of drug-likeness (QED) is 0.711. The van der Waals surface area contributed by atoms with E-state index >= 15 is 0 Å². The zero-order valence-electron chi connectivity index (χ0n) is 14.4. The molecule has 21 heavy (non-hydrogen) atoms. The molecule has 0 bridgehead atoms. The van der Waals surface area contributed by atoms with Gasteiger partial charge in [0, 0.05) is 12.6 Å². The summed E-state index contributed by atoms with van der Waals surface area (Å²) in [7, 11) is 4.23. The van der Waals surface area contributed by atoms with Gasteiger partial charge in [0.05, 0.1) is 6.61 Å². The van der Waals surface area contributed by atoms with E-state index in [4.69, 9.17) is 4.74 Å². The first-order valence-corrected chi connectivity index (χ1v) is 8.15. The van der Waals surface area contributed by atoms with Crippen molar-refractivity contribution in [3.05, 3.63) is 29.8 Å². The molecule has 1 unspecified atom stereocenters. The second-order valence-electron chi connectivity index (χ2n) is 6.20. The molecule has 0 fully saturated rings. The summed E-state index contributed by atoms with van der Waals surface area (Å²) >= 11 is 0. The normalized spacial score (nSPS) is 12.9. The SMILES string of the molecule is CCCOc1ccc(C(CN(C)CCC(C)C)NC)cc1. The lowest BCUT2D eigenvalue weighted by molar-refractivity contribution is 0.279. The predicted octanol–water partition coefficient (Wildman–Crippen LogP) is 3.71. The highest BCUT2D eigenvalue weighted by Gasteiger charge is 2.12. The second kappa shape index (κ2) is 9.80. The van der Waals surface area contributed by atoms with E-state index in [9.17, 15) is 0 Å². The number of ether oxygens (including phenoxy) is 1. The van der Waals surface area contributed by atoms with Crippen LogP contribution in [0.3, 0.4) is 0 Å². The summed E-state index contributed by atoms with van der Waals surface area (Å²) in [5.41, 5.74) is 1.32. The Balaban J connectivity index is 2.54. The number of nitrogens with zero attached hydrogens (tertiary/aromatic N) is 1. The van der Waals surface area contributed by atoms with Crippen LogP contribution in [0.1, 0.15) is 45.2 Å². The van der Waals surface area contributed by atoms with E-state index < -0.39 is 0 Å². The van der Waals surface area contributed by atoms with Gasteiger partial charge in [0.15, 0.2) is 0 Å². The lowest BCUT2D eigenvalue weighted by Gasteiger charge is -2.25. The maximum absolute atomic E-state index is 5.64. The number of hydrogen-bond donors (Lipinski definition) is 1. The van der Waals surface area contributed by atoms with Gasteiger partial charge in [0.2, 0.25) is 0 Å². The lowest BCUT2D eigenvalue weighted by Crippen LogP contribution is -2.32. The standard InChI is InChI=1S/C18H32N2O/c1-6-13-21-17-9-7-16(8-10-17)18(19-4)14-20(5)12-11-15(2)3/h7-10,15,18-19H,6,11-14H2,1-5H3. The van der Waals surface area contributed by atoms with Gasteiger partial charge in [-0.2, -0.15) is 0 Å². The molecule has 0 saturated carbocycles. The molecule has 0 aromatic heterocycles. The van der Waals surface area contributed by atoms with Gasteiger partial charge in [-0.3, -0.25) is 0 Å². The summed E-state index contributed by atoms with van der Waals surface area (Å²) in [6, 6.07) is 8.85. The average Bonchev–Trinajstić information content (AvgIpc) is 2.49. The average molecular weight is 292 g/mol. The molecule has 1 aromatic carbocycles. The fourth-order valence-electron chi connectivity index (χ4n) is 2.26. The van der Waals surface area contributed by atoms with Crippen LogP contribution in [-0.2, 0) is 0 Å². The highest BCUT2D eigenvalue weighted by Crippen LogP contribution is 2.19. The van der Waals surface area contributed by atoms with Crippen LogP contribution in [0.5, 0.6) is 5.75 Å². The van der Waals surface area contributed by atoms with Crippen LogP contribution in [0, 0.1) is 5.92 Å². The number of hydrogen-bond acceptors (Lipinski definition) is 3. The van der Waals surface area contributed by atoms with Crippen molar-refractivity contribution in [2.24, 2.45) is 5.92 Å². The highest BCUT2D eigenvalue weighted by atomic mass is 16.5. The summed E-state index contributed by atoms with van der Waals surface area (Å²) < 4.78 is 5.64. The molecule has 1 atom stereocenters. The maximum atomic E-state index is 5.64. The van der Waals surface area contributed by atoms with Crippen LogP contribution in [0.2, 0.25) is 0 Å². The number of rotatable bonds is 10. The number of benzene rings is 1. The Morgan fingerprint density at radius 2 is 1.86 bits per heavy atom. The van der Waals surface area contributed by atoms with E-state index in [1.807, 2.05) is 7.05 Å². The Kier molecular flexibility index (Phi) is 8.40. The van der Waals surface area contributed by atoms with Crippen molar-refractivity contribution >= 4 is 0 Å². The summed E-state index contributed by atoms with van der Waals surface area (Å²) in [4.78, 5) is 2.41. The van der Waals surface area contributed by atoms with E-state index in [0.717, 1.165) is 37.8 Å². The van der Waals surface area contributed by atoms with Crippen molar-refractivity contribution in [2.75, 3.05) is 33.8 Å². The molecular formula is C18H32N2O.